The molecule has 0 aliphatic carbocycles. The Hall–Kier alpha value is -1.17. The van der Waals surface area contributed by atoms with Gasteiger partial charge in [-0.1, -0.05) is 11.6 Å². The summed E-state index contributed by atoms with van der Waals surface area (Å²) in [6, 6.07) is 5.49. The van der Waals surface area contributed by atoms with Gasteiger partial charge >= 0.3 is 0 Å². The van der Waals surface area contributed by atoms with Crippen LogP contribution in [0.3, 0.4) is 0 Å². The molecular formula is C12H11ClN2O2S. The van der Waals surface area contributed by atoms with Gasteiger partial charge in [-0.05, 0) is 18.2 Å². The van der Waals surface area contributed by atoms with E-state index in [2.05, 4.69) is 4.98 Å². The molecule has 2 heterocycles. The largest absolute Gasteiger partial charge is 0.378 e. The predicted octanol–water partition coefficient (Wildman–Crippen LogP) is 2.42. The minimum absolute atomic E-state index is 0.0179. The Labute approximate surface area is 113 Å². The van der Waals surface area contributed by atoms with E-state index in [1.54, 1.807) is 11.0 Å². The van der Waals surface area contributed by atoms with E-state index >= 15 is 0 Å². The first kappa shape index (κ1) is 11.9. The molecule has 1 aromatic carbocycles. The van der Waals surface area contributed by atoms with Gasteiger partial charge in [0.1, 0.15) is 0 Å². The number of benzene rings is 1. The monoisotopic (exact) mass is 282 g/mol. The molecular weight excluding hydrogens is 272 g/mol. The number of fused-ring (bicyclic) bond motifs is 1. The highest BCUT2D eigenvalue weighted by atomic mass is 35.5. The van der Waals surface area contributed by atoms with E-state index in [0.717, 1.165) is 10.2 Å². The van der Waals surface area contributed by atoms with Crippen LogP contribution in [0.5, 0.6) is 0 Å². The summed E-state index contributed by atoms with van der Waals surface area (Å²) in [6.45, 7) is 2.47. The second-order valence-electron chi connectivity index (χ2n) is 4.04. The minimum atomic E-state index is -0.0179. The summed E-state index contributed by atoms with van der Waals surface area (Å²) in [4.78, 5) is 18.4. The van der Waals surface area contributed by atoms with Crippen LogP contribution in [0, 0.1) is 0 Å². The number of hydrogen-bond acceptors (Lipinski definition) is 4. The molecule has 0 atom stereocenters. The molecule has 6 heteroatoms. The Morgan fingerprint density at radius 2 is 2.17 bits per heavy atom. The highest BCUT2D eigenvalue weighted by Gasteiger charge is 2.21. The van der Waals surface area contributed by atoms with Crippen LogP contribution in [0.4, 0.5) is 0 Å². The van der Waals surface area contributed by atoms with Crippen LogP contribution in [0.2, 0.25) is 5.02 Å². The van der Waals surface area contributed by atoms with E-state index in [9.17, 15) is 4.79 Å². The van der Waals surface area contributed by atoms with Crippen LogP contribution >= 0.6 is 22.9 Å². The van der Waals surface area contributed by atoms with Crippen molar-refractivity contribution >= 4 is 39.1 Å². The Balaban J connectivity index is 1.91. The molecule has 0 saturated carbocycles. The summed E-state index contributed by atoms with van der Waals surface area (Å²) in [5, 5.41) is 1.16. The molecule has 18 heavy (non-hydrogen) atoms. The number of thiazole rings is 1. The molecule has 1 aliphatic rings. The maximum Gasteiger partial charge on any atom is 0.283 e. The van der Waals surface area contributed by atoms with Crippen LogP contribution in [-0.2, 0) is 4.74 Å². The van der Waals surface area contributed by atoms with Gasteiger partial charge in [-0.25, -0.2) is 4.98 Å². The summed E-state index contributed by atoms with van der Waals surface area (Å²) in [6.07, 6.45) is 0. The van der Waals surface area contributed by atoms with Gasteiger partial charge in [-0.3, -0.25) is 4.79 Å². The van der Waals surface area contributed by atoms with Gasteiger partial charge in [0.05, 0.1) is 23.4 Å². The lowest BCUT2D eigenvalue weighted by molar-refractivity contribution is 0.0303. The number of aromatic nitrogens is 1. The normalized spacial score (nSPS) is 16.2. The minimum Gasteiger partial charge on any atom is -0.378 e. The van der Waals surface area contributed by atoms with Crippen molar-refractivity contribution in [3.63, 3.8) is 0 Å². The molecule has 2 aromatic rings. The summed E-state index contributed by atoms with van der Waals surface area (Å²) in [7, 11) is 0. The van der Waals surface area contributed by atoms with Crippen LogP contribution < -0.4 is 0 Å². The van der Waals surface area contributed by atoms with Crippen molar-refractivity contribution in [2.24, 2.45) is 0 Å². The van der Waals surface area contributed by atoms with Crippen molar-refractivity contribution in [2.45, 2.75) is 0 Å². The van der Waals surface area contributed by atoms with Crippen molar-refractivity contribution in [3.05, 3.63) is 28.2 Å². The lowest BCUT2D eigenvalue weighted by Gasteiger charge is -2.25. The zero-order chi connectivity index (χ0) is 12.5. The first-order chi connectivity index (χ1) is 8.74. The fourth-order valence-electron chi connectivity index (χ4n) is 1.89. The molecule has 0 bridgehead atoms. The number of amides is 1. The number of nitrogens with zero attached hydrogens (tertiary/aromatic N) is 2. The van der Waals surface area contributed by atoms with E-state index in [-0.39, 0.29) is 5.91 Å². The third-order valence-electron chi connectivity index (χ3n) is 2.83. The van der Waals surface area contributed by atoms with Gasteiger partial charge in [0.2, 0.25) is 0 Å². The number of rotatable bonds is 1. The van der Waals surface area contributed by atoms with Gasteiger partial charge in [0, 0.05) is 18.1 Å². The fraction of sp³-hybridized carbons (Fsp3) is 0.333. The summed E-state index contributed by atoms with van der Waals surface area (Å²) < 4.78 is 6.21. The molecule has 4 nitrogen and oxygen atoms in total. The van der Waals surface area contributed by atoms with E-state index < -0.39 is 0 Å². The quantitative estimate of drug-likeness (QED) is 0.807. The maximum absolute atomic E-state index is 12.2. The number of ether oxygens (including phenoxy) is 1. The molecule has 1 fully saturated rings. The van der Waals surface area contributed by atoms with Gasteiger partial charge in [-0.2, -0.15) is 0 Å². The molecule has 0 N–H and O–H groups in total. The van der Waals surface area contributed by atoms with Crippen molar-refractivity contribution in [1.82, 2.24) is 9.88 Å². The average molecular weight is 283 g/mol. The smallest absolute Gasteiger partial charge is 0.283 e. The maximum atomic E-state index is 12.2. The van der Waals surface area contributed by atoms with Crippen LogP contribution in [0.25, 0.3) is 10.2 Å². The molecule has 0 unspecified atom stereocenters. The van der Waals surface area contributed by atoms with E-state index in [4.69, 9.17) is 16.3 Å². The zero-order valence-electron chi connectivity index (χ0n) is 9.56. The predicted molar refractivity (Wildman–Crippen MR) is 71.4 cm³/mol. The number of carbonyl (C=O) groups is 1. The third kappa shape index (κ3) is 2.21. The lowest BCUT2D eigenvalue weighted by Crippen LogP contribution is -2.40. The molecule has 0 spiro atoms. The Morgan fingerprint density at radius 3 is 2.94 bits per heavy atom. The van der Waals surface area contributed by atoms with E-state index in [1.807, 2.05) is 12.1 Å². The second-order valence-corrected chi connectivity index (χ2v) is 5.50. The van der Waals surface area contributed by atoms with E-state index in [1.165, 1.54) is 11.3 Å². The van der Waals surface area contributed by atoms with Crippen molar-refractivity contribution in [1.29, 1.82) is 0 Å². The molecule has 1 aromatic heterocycles. The lowest BCUT2D eigenvalue weighted by atomic mass is 10.3. The number of carbonyl (C=O) groups excluding carboxylic acids is 1. The standard InChI is InChI=1S/C12H11ClN2O2S/c13-8-1-2-10-9(7-8)14-11(18-10)12(16)15-3-5-17-6-4-15/h1-2,7H,3-6H2. The Bertz CT molecular complexity index is 593. The van der Waals surface area contributed by atoms with Gasteiger partial charge in [0.25, 0.3) is 5.91 Å². The van der Waals surface area contributed by atoms with Crippen LogP contribution in [0.1, 0.15) is 9.80 Å². The summed E-state index contributed by atoms with van der Waals surface area (Å²) >= 11 is 7.31. The van der Waals surface area contributed by atoms with Crippen molar-refractivity contribution in [2.75, 3.05) is 26.3 Å². The topological polar surface area (TPSA) is 42.4 Å². The second kappa shape index (κ2) is 4.84. The van der Waals surface area contributed by atoms with Gasteiger partial charge < -0.3 is 9.64 Å². The van der Waals surface area contributed by atoms with Crippen LogP contribution in [0.15, 0.2) is 18.2 Å². The molecule has 94 valence electrons. The average Bonchev–Trinajstić information content (AvgIpc) is 2.81. The zero-order valence-corrected chi connectivity index (χ0v) is 11.1. The molecule has 3 rings (SSSR count). The third-order valence-corrected chi connectivity index (χ3v) is 4.09. The summed E-state index contributed by atoms with van der Waals surface area (Å²) in [5.74, 6) is -0.0179. The van der Waals surface area contributed by atoms with Gasteiger partial charge in [-0.15, -0.1) is 11.3 Å². The number of morpholine rings is 1. The van der Waals surface area contributed by atoms with E-state index in [0.29, 0.717) is 36.3 Å². The molecule has 1 aliphatic heterocycles. The summed E-state index contributed by atoms with van der Waals surface area (Å²) in [5.41, 5.74) is 0.782. The molecule has 0 radical (unpaired) electrons. The fourth-order valence-corrected chi connectivity index (χ4v) is 2.97. The Kier molecular flexibility index (Phi) is 3.20. The molecule has 1 saturated heterocycles. The highest BCUT2D eigenvalue weighted by molar-refractivity contribution is 7.20. The number of hydrogen-bond donors (Lipinski definition) is 0. The first-order valence-electron chi connectivity index (χ1n) is 5.67. The van der Waals surface area contributed by atoms with Crippen molar-refractivity contribution < 1.29 is 9.53 Å². The first-order valence-corrected chi connectivity index (χ1v) is 6.86. The Morgan fingerprint density at radius 1 is 1.39 bits per heavy atom. The van der Waals surface area contributed by atoms with Gasteiger partial charge in [0.15, 0.2) is 5.01 Å². The molecule has 1 amide bonds. The number of halogens is 1. The van der Waals surface area contributed by atoms with Crippen molar-refractivity contribution in [3.8, 4) is 0 Å². The highest BCUT2D eigenvalue weighted by Crippen LogP contribution is 2.25. The SMILES string of the molecule is O=C(c1nc2cc(Cl)ccc2s1)N1CCOCC1. The van der Waals surface area contributed by atoms with Crippen LogP contribution in [-0.4, -0.2) is 42.1 Å².